The maximum Gasteiger partial charge on any atom is 0.240 e. The molecule has 1 amide bonds. The molecule has 0 aliphatic rings. The molecule has 2 aromatic rings. The van der Waals surface area contributed by atoms with Gasteiger partial charge in [-0.25, -0.2) is 17.5 Å². The summed E-state index contributed by atoms with van der Waals surface area (Å²) in [6, 6.07) is 11.8. The van der Waals surface area contributed by atoms with Crippen LogP contribution in [0.4, 0.5) is 10.1 Å². The monoisotopic (exact) mass is 322 g/mol. The van der Waals surface area contributed by atoms with E-state index in [1.165, 1.54) is 43.4 Å². The Balaban J connectivity index is 2.05. The molecule has 116 valence electrons. The summed E-state index contributed by atoms with van der Waals surface area (Å²) in [6.07, 6.45) is -0.0940. The van der Waals surface area contributed by atoms with Crippen molar-refractivity contribution in [3.63, 3.8) is 0 Å². The van der Waals surface area contributed by atoms with Gasteiger partial charge in [0.25, 0.3) is 0 Å². The minimum absolute atomic E-state index is 0.0940. The zero-order valence-electron chi connectivity index (χ0n) is 11.8. The number of nitrogens with one attached hydrogen (secondary N) is 2. The molecule has 2 aromatic carbocycles. The van der Waals surface area contributed by atoms with Crippen molar-refractivity contribution in [1.82, 2.24) is 4.72 Å². The number of rotatable bonds is 5. The average Bonchev–Trinajstić information content (AvgIpc) is 2.50. The lowest BCUT2D eigenvalue weighted by Crippen LogP contribution is -2.19. The molecular weight excluding hydrogens is 307 g/mol. The Morgan fingerprint density at radius 1 is 1.09 bits per heavy atom. The van der Waals surface area contributed by atoms with E-state index in [4.69, 9.17) is 0 Å². The van der Waals surface area contributed by atoms with Crippen LogP contribution in [-0.4, -0.2) is 21.4 Å². The molecule has 0 spiro atoms. The lowest BCUT2D eigenvalue weighted by Gasteiger charge is -2.07. The Kier molecular flexibility index (Phi) is 4.89. The Labute approximate surface area is 128 Å². The molecule has 0 fully saturated rings. The zero-order valence-corrected chi connectivity index (χ0v) is 12.7. The molecule has 0 aliphatic heterocycles. The third-order valence-electron chi connectivity index (χ3n) is 3.03. The zero-order chi connectivity index (χ0) is 16.2. The minimum Gasteiger partial charge on any atom is -0.326 e. The van der Waals surface area contributed by atoms with Gasteiger partial charge in [-0.3, -0.25) is 4.79 Å². The molecule has 0 saturated heterocycles. The second-order valence-corrected chi connectivity index (χ2v) is 6.43. The van der Waals surface area contributed by atoms with Crippen LogP contribution in [0.5, 0.6) is 0 Å². The number of carbonyl (C=O) groups excluding carboxylic acids is 1. The number of carbonyl (C=O) groups is 1. The number of halogens is 1. The molecule has 22 heavy (non-hydrogen) atoms. The normalized spacial score (nSPS) is 11.2. The van der Waals surface area contributed by atoms with Gasteiger partial charge in [0.1, 0.15) is 5.82 Å². The van der Waals surface area contributed by atoms with Gasteiger partial charge in [-0.2, -0.15) is 0 Å². The van der Waals surface area contributed by atoms with Crippen LogP contribution in [0.2, 0.25) is 0 Å². The molecule has 0 aliphatic carbocycles. The van der Waals surface area contributed by atoms with Gasteiger partial charge in [-0.1, -0.05) is 18.2 Å². The van der Waals surface area contributed by atoms with Gasteiger partial charge in [-0.15, -0.1) is 0 Å². The van der Waals surface area contributed by atoms with E-state index >= 15 is 0 Å². The van der Waals surface area contributed by atoms with Gasteiger partial charge in [0, 0.05) is 5.69 Å². The number of sulfonamides is 1. The van der Waals surface area contributed by atoms with Crippen molar-refractivity contribution >= 4 is 21.6 Å². The Bertz CT molecular complexity index is 774. The van der Waals surface area contributed by atoms with E-state index in [1.54, 1.807) is 12.1 Å². The van der Waals surface area contributed by atoms with E-state index in [1.807, 2.05) is 0 Å². The van der Waals surface area contributed by atoms with Gasteiger partial charge in [-0.05, 0) is 42.9 Å². The summed E-state index contributed by atoms with van der Waals surface area (Å²) >= 11 is 0. The Morgan fingerprint density at radius 2 is 1.73 bits per heavy atom. The lowest BCUT2D eigenvalue weighted by atomic mass is 10.1. The van der Waals surface area contributed by atoms with Crippen molar-refractivity contribution in [2.45, 2.75) is 11.3 Å². The fraction of sp³-hybridized carbons (Fsp3) is 0.133. The topological polar surface area (TPSA) is 75.3 Å². The molecule has 0 atom stereocenters. The van der Waals surface area contributed by atoms with Crippen molar-refractivity contribution in [3.8, 4) is 0 Å². The first-order chi connectivity index (χ1) is 10.4. The smallest absolute Gasteiger partial charge is 0.240 e. The first-order valence-electron chi connectivity index (χ1n) is 6.49. The summed E-state index contributed by atoms with van der Waals surface area (Å²) < 4.78 is 38.8. The van der Waals surface area contributed by atoms with Crippen molar-refractivity contribution in [3.05, 3.63) is 59.9 Å². The van der Waals surface area contributed by atoms with Crippen LogP contribution >= 0.6 is 0 Å². The van der Waals surface area contributed by atoms with Gasteiger partial charge in [0.2, 0.25) is 15.9 Å². The molecule has 0 heterocycles. The van der Waals surface area contributed by atoms with Crippen LogP contribution in [0.25, 0.3) is 0 Å². The third kappa shape index (κ3) is 3.90. The summed E-state index contributed by atoms with van der Waals surface area (Å²) in [5.74, 6) is -0.817. The summed E-state index contributed by atoms with van der Waals surface area (Å²) in [6.45, 7) is 0. The van der Waals surface area contributed by atoms with E-state index in [-0.39, 0.29) is 17.2 Å². The third-order valence-corrected chi connectivity index (χ3v) is 4.46. The van der Waals surface area contributed by atoms with Crippen LogP contribution < -0.4 is 10.0 Å². The van der Waals surface area contributed by atoms with E-state index < -0.39 is 15.8 Å². The highest BCUT2D eigenvalue weighted by atomic mass is 32.2. The molecule has 0 unspecified atom stereocenters. The van der Waals surface area contributed by atoms with Crippen LogP contribution in [-0.2, 0) is 21.2 Å². The molecule has 2 rings (SSSR count). The van der Waals surface area contributed by atoms with Crippen LogP contribution in [0.3, 0.4) is 0 Å². The lowest BCUT2D eigenvalue weighted by molar-refractivity contribution is -0.115. The van der Waals surface area contributed by atoms with E-state index in [0.717, 1.165) is 0 Å². The number of benzene rings is 2. The average molecular weight is 322 g/mol. The van der Waals surface area contributed by atoms with Crippen LogP contribution in [0, 0.1) is 5.82 Å². The molecule has 0 radical (unpaired) electrons. The maximum absolute atomic E-state index is 13.5. The standard InChI is InChI=1S/C15H15FN2O3S/c1-17-22(20,21)13-8-6-12(7-9-13)18-15(19)10-11-4-2-3-5-14(11)16/h2-9,17H,10H2,1H3,(H,18,19). The quantitative estimate of drug-likeness (QED) is 0.883. The van der Waals surface area contributed by atoms with Gasteiger partial charge < -0.3 is 5.32 Å². The molecule has 0 saturated carbocycles. The van der Waals surface area contributed by atoms with Crippen LogP contribution in [0.15, 0.2) is 53.4 Å². The molecule has 2 N–H and O–H groups in total. The van der Waals surface area contributed by atoms with Crippen LogP contribution in [0.1, 0.15) is 5.56 Å². The van der Waals surface area contributed by atoms with Gasteiger partial charge in [0.15, 0.2) is 0 Å². The Morgan fingerprint density at radius 3 is 2.32 bits per heavy atom. The predicted octanol–water partition coefficient (Wildman–Crippen LogP) is 1.91. The molecular formula is C15H15FN2O3S. The second-order valence-electron chi connectivity index (χ2n) is 4.55. The first kappa shape index (κ1) is 16.1. The molecule has 7 heteroatoms. The van der Waals surface area contributed by atoms with Crippen molar-refractivity contribution in [2.24, 2.45) is 0 Å². The number of hydrogen-bond donors (Lipinski definition) is 2. The molecule has 0 bridgehead atoms. The first-order valence-corrected chi connectivity index (χ1v) is 7.97. The minimum atomic E-state index is -3.51. The highest BCUT2D eigenvalue weighted by Gasteiger charge is 2.12. The van der Waals surface area contributed by atoms with E-state index in [0.29, 0.717) is 11.3 Å². The Hall–Kier alpha value is -2.25. The number of anilines is 1. The molecule has 0 aromatic heterocycles. The molecule has 5 nitrogen and oxygen atoms in total. The maximum atomic E-state index is 13.5. The van der Waals surface area contributed by atoms with Gasteiger partial charge >= 0.3 is 0 Å². The highest BCUT2D eigenvalue weighted by molar-refractivity contribution is 7.89. The summed E-state index contributed by atoms with van der Waals surface area (Å²) in [4.78, 5) is 12.0. The fourth-order valence-corrected chi connectivity index (χ4v) is 2.59. The summed E-state index contributed by atoms with van der Waals surface area (Å²) in [5.41, 5.74) is 0.741. The van der Waals surface area contributed by atoms with Crippen molar-refractivity contribution < 1.29 is 17.6 Å². The predicted molar refractivity (Wildman–Crippen MR) is 81.4 cm³/mol. The largest absolute Gasteiger partial charge is 0.326 e. The second kappa shape index (κ2) is 6.67. The summed E-state index contributed by atoms with van der Waals surface area (Å²) in [5, 5.41) is 2.59. The van der Waals surface area contributed by atoms with Crippen molar-refractivity contribution in [2.75, 3.05) is 12.4 Å². The van der Waals surface area contributed by atoms with E-state index in [9.17, 15) is 17.6 Å². The van der Waals surface area contributed by atoms with Crippen molar-refractivity contribution in [1.29, 1.82) is 0 Å². The van der Waals surface area contributed by atoms with Gasteiger partial charge in [0.05, 0.1) is 11.3 Å². The SMILES string of the molecule is CNS(=O)(=O)c1ccc(NC(=O)Cc2ccccc2F)cc1. The van der Waals surface area contributed by atoms with E-state index in [2.05, 4.69) is 10.0 Å². The highest BCUT2D eigenvalue weighted by Crippen LogP contribution is 2.14. The number of hydrogen-bond acceptors (Lipinski definition) is 3. The fourth-order valence-electron chi connectivity index (χ4n) is 1.86. The summed E-state index contributed by atoms with van der Waals surface area (Å²) in [7, 11) is -2.19. The number of amides is 1.